The van der Waals surface area contributed by atoms with Crippen LogP contribution in [0.5, 0.6) is 0 Å². The molecule has 0 spiro atoms. The van der Waals surface area contributed by atoms with E-state index in [9.17, 15) is 8.76 Å². The van der Waals surface area contributed by atoms with Crippen LogP contribution in [0.3, 0.4) is 0 Å². The number of aromatic nitrogens is 2. The number of halogens is 2. The Morgan fingerprint density at radius 3 is 2.43 bits per heavy atom. The van der Waals surface area contributed by atoms with Gasteiger partial charge >= 0.3 is 0 Å². The molecule has 3 rings (SSSR count). The summed E-state index contributed by atoms with van der Waals surface area (Å²) in [4.78, 5) is 8.51. The first kappa shape index (κ1) is 16.1. The van der Waals surface area contributed by atoms with Crippen molar-refractivity contribution < 1.29 is 8.76 Å². The highest BCUT2D eigenvalue weighted by Gasteiger charge is 2.13. The molecule has 23 heavy (non-hydrogen) atoms. The van der Waals surface area contributed by atoms with Crippen LogP contribution in [-0.4, -0.2) is 18.7 Å². The normalized spacial score (nSPS) is 13.7. The van der Waals surface area contributed by atoms with Gasteiger partial charge in [0.2, 0.25) is 5.82 Å². The molecule has 5 nitrogen and oxygen atoms in total. The SMILES string of the molecule is Cc1ccc2nc(N=S(=O)(O)c3ccc(Cl)cc3)c(Cl)nc2c1. The Kier molecular flexibility index (Phi) is 4.25. The van der Waals surface area contributed by atoms with Gasteiger partial charge in [-0.3, -0.25) is 4.55 Å². The number of hydrogen-bond donors (Lipinski definition) is 1. The Labute approximate surface area is 143 Å². The molecule has 0 aliphatic carbocycles. The molecule has 0 aliphatic heterocycles. The van der Waals surface area contributed by atoms with Crippen molar-refractivity contribution in [1.82, 2.24) is 9.97 Å². The molecule has 0 radical (unpaired) electrons. The maximum atomic E-state index is 12.4. The Morgan fingerprint density at radius 2 is 1.74 bits per heavy atom. The molecule has 3 aromatic rings. The minimum atomic E-state index is -3.70. The topological polar surface area (TPSA) is 75.4 Å². The molecule has 1 unspecified atom stereocenters. The van der Waals surface area contributed by atoms with Gasteiger partial charge in [-0.1, -0.05) is 29.3 Å². The predicted molar refractivity (Wildman–Crippen MR) is 91.9 cm³/mol. The van der Waals surface area contributed by atoms with E-state index in [1.807, 2.05) is 19.1 Å². The lowest BCUT2D eigenvalue weighted by molar-refractivity contribution is 0.552. The largest absolute Gasteiger partial charge is 0.296 e. The van der Waals surface area contributed by atoms with Crippen molar-refractivity contribution in [2.24, 2.45) is 4.36 Å². The smallest absolute Gasteiger partial charge is 0.202 e. The van der Waals surface area contributed by atoms with Gasteiger partial charge in [-0.2, -0.15) is 0 Å². The summed E-state index contributed by atoms with van der Waals surface area (Å²) in [7, 11) is -3.70. The van der Waals surface area contributed by atoms with Crippen LogP contribution in [0, 0.1) is 6.92 Å². The lowest BCUT2D eigenvalue weighted by Crippen LogP contribution is -1.98. The van der Waals surface area contributed by atoms with Crippen molar-refractivity contribution in [3.63, 3.8) is 0 Å². The average molecular weight is 368 g/mol. The number of aryl methyl sites for hydroxylation is 1. The van der Waals surface area contributed by atoms with E-state index in [0.717, 1.165) is 5.56 Å². The third-order valence-corrected chi connectivity index (χ3v) is 4.90. The van der Waals surface area contributed by atoms with E-state index in [1.54, 1.807) is 6.07 Å². The summed E-state index contributed by atoms with van der Waals surface area (Å²) in [5.41, 5.74) is 2.16. The first-order valence-electron chi connectivity index (χ1n) is 6.54. The second kappa shape index (κ2) is 6.05. The third-order valence-electron chi connectivity index (χ3n) is 3.09. The second-order valence-electron chi connectivity index (χ2n) is 4.87. The van der Waals surface area contributed by atoms with Gasteiger partial charge in [0.15, 0.2) is 15.2 Å². The first-order chi connectivity index (χ1) is 10.8. The predicted octanol–water partition coefficient (Wildman–Crippen LogP) is 4.88. The number of nitrogens with zero attached hydrogens (tertiary/aromatic N) is 3. The Balaban J connectivity index is 2.15. The third kappa shape index (κ3) is 3.45. The van der Waals surface area contributed by atoms with E-state index in [4.69, 9.17) is 23.2 Å². The van der Waals surface area contributed by atoms with E-state index >= 15 is 0 Å². The van der Waals surface area contributed by atoms with Crippen LogP contribution in [0.15, 0.2) is 51.7 Å². The Bertz CT molecular complexity index is 1010. The van der Waals surface area contributed by atoms with Crippen molar-refractivity contribution in [3.05, 3.63) is 58.2 Å². The monoisotopic (exact) mass is 367 g/mol. The molecule has 0 bridgehead atoms. The Morgan fingerprint density at radius 1 is 1.04 bits per heavy atom. The maximum Gasteiger partial charge on any atom is 0.202 e. The van der Waals surface area contributed by atoms with Gasteiger partial charge in [0.1, 0.15) is 0 Å². The maximum absolute atomic E-state index is 12.4. The molecule has 0 fully saturated rings. The van der Waals surface area contributed by atoms with Crippen LogP contribution in [0.1, 0.15) is 5.56 Å². The zero-order valence-electron chi connectivity index (χ0n) is 11.9. The van der Waals surface area contributed by atoms with Crippen LogP contribution in [0.2, 0.25) is 10.2 Å². The van der Waals surface area contributed by atoms with Crippen LogP contribution in [-0.2, 0) is 10.0 Å². The van der Waals surface area contributed by atoms with Crippen LogP contribution < -0.4 is 0 Å². The minimum Gasteiger partial charge on any atom is -0.296 e. The summed E-state index contributed by atoms with van der Waals surface area (Å²) in [5, 5.41) is 0.432. The quantitative estimate of drug-likeness (QED) is 0.700. The lowest BCUT2D eigenvalue weighted by Gasteiger charge is -2.05. The van der Waals surface area contributed by atoms with Crippen molar-refractivity contribution >= 4 is 50.1 Å². The number of hydrogen-bond acceptors (Lipinski definition) is 4. The van der Waals surface area contributed by atoms with Crippen molar-refractivity contribution in [1.29, 1.82) is 0 Å². The summed E-state index contributed by atoms with van der Waals surface area (Å²) in [5.74, 6) is -0.0783. The lowest BCUT2D eigenvalue weighted by atomic mass is 10.2. The molecule has 0 aliphatic rings. The highest BCUT2D eigenvalue weighted by Crippen LogP contribution is 2.27. The Hall–Kier alpha value is -1.73. The molecule has 0 amide bonds. The molecule has 1 N–H and O–H groups in total. The van der Waals surface area contributed by atoms with Gasteiger partial charge in [0.05, 0.1) is 15.9 Å². The van der Waals surface area contributed by atoms with E-state index in [-0.39, 0.29) is 15.9 Å². The van der Waals surface area contributed by atoms with Crippen molar-refractivity contribution in [2.45, 2.75) is 11.8 Å². The molecule has 1 atom stereocenters. The summed E-state index contributed by atoms with van der Waals surface area (Å²) in [6.45, 7) is 1.92. The van der Waals surface area contributed by atoms with Gasteiger partial charge in [-0.05, 0) is 48.9 Å². The zero-order valence-corrected chi connectivity index (χ0v) is 14.2. The molecule has 1 heterocycles. The highest BCUT2D eigenvalue weighted by atomic mass is 35.5. The second-order valence-corrected chi connectivity index (χ2v) is 7.31. The molecule has 0 saturated carbocycles. The van der Waals surface area contributed by atoms with E-state index in [1.165, 1.54) is 24.3 Å². The summed E-state index contributed by atoms with van der Waals surface area (Å²) < 4.78 is 26.4. The summed E-state index contributed by atoms with van der Waals surface area (Å²) in [6.07, 6.45) is 0. The summed E-state index contributed by atoms with van der Waals surface area (Å²) >= 11 is 11.8. The van der Waals surface area contributed by atoms with Gasteiger partial charge in [-0.15, -0.1) is 4.36 Å². The van der Waals surface area contributed by atoms with Crippen molar-refractivity contribution in [2.75, 3.05) is 0 Å². The molecule has 2 aromatic carbocycles. The molecule has 1 aromatic heterocycles. The first-order valence-corrected chi connectivity index (χ1v) is 8.77. The molecule has 118 valence electrons. The minimum absolute atomic E-state index is 0.0289. The van der Waals surface area contributed by atoms with E-state index < -0.39 is 10.0 Å². The fraction of sp³-hybridized carbons (Fsp3) is 0.0667. The molecular formula is C15H11Cl2N3O2S. The van der Waals surface area contributed by atoms with Gasteiger partial charge < -0.3 is 0 Å². The number of benzene rings is 2. The van der Waals surface area contributed by atoms with Crippen LogP contribution >= 0.6 is 23.2 Å². The number of fused-ring (bicyclic) bond motifs is 1. The molecule has 0 saturated heterocycles. The van der Waals surface area contributed by atoms with Gasteiger partial charge in [0.25, 0.3) is 0 Å². The average Bonchev–Trinajstić information content (AvgIpc) is 2.48. The van der Waals surface area contributed by atoms with E-state index in [0.29, 0.717) is 16.1 Å². The fourth-order valence-electron chi connectivity index (χ4n) is 1.97. The fourth-order valence-corrected chi connectivity index (χ4v) is 3.28. The zero-order chi connectivity index (χ0) is 16.6. The number of rotatable bonds is 2. The van der Waals surface area contributed by atoms with Gasteiger partial charge in [0, 0.05) is 5.02 Å². The van der Waals surface area contributed by atoms with Crippen LogP contribution in [0.4, 0.5) is 5.82 Å². The standard InChI is InChI=1S/C15H11Cl2N3O2S/c1-9-2-7-12-13(8-9)18-14(17)15(19-12)20-23(21,22)11-5-3-10(16)4-6-11/h2-8H,1H3,(H,19,20,21,22). The van der Waals surface area contributed by atoms with Gasteiger partial charge in [-0.25, -0.2) is 14.2 Å². The summed E-state index contributed by atoms with van der Waals surface area (Å²) in [6, 6.07) is 11.3. The molecule has 8 heteroatoms. The van der Waals surface area contributed by atoms with E-state index in [2.05, 4.69) is 14.3 Å². The molecular weight excluding hydrogens is 357 g/mol. The van der Waals surface area contributed by atoms with Crippen LogP contribution in [0.25, 0.3) is 11.0 Å². The van der Waals surface area contributed by atoms with Crippen molar-refractivity contribution in [3.8, 4) is 0 Å². The highest BCUT2D eigenvalue weighted by molar-refractivity contribution is 7.88.